The van der Waals surface area contributed by atoms with Gasteiger partial charge in [0.25, 0.3) is 0 Å². The molecule has 0 aliphatic rings. The SMILES string of the molecule is CCCCC(CC)COC(=O)CC(O)(C(=O)O)C(OC)C(=O)O. The van der Waals surface area contributed by atoms with E-state index in [1.807, 2.05) is 13.8 Å². The standard InChI is InChI=1S/C15H26O8/c1-4-6-7-10(5-2)9-23-11(16)8-15(21,14(19)20)12(22-3)13(17)18/h10,12,21H,4-9H2,1-3H3,(H,17,18)(H,19,20). The molecule has 0 radical (unpaired) electrons. The molecule has 0 aliphatic heterocycles. The first-order valence-electron chi connectivity index (χ1n) is 7.59. The van der Waals surface area contributed by atoms with Crippen molar-refractivity contribution in [2.75, 3.05) is 13.7 Å². The molecule has 134 valence electrons. The van der Waals surface area contributed by atoms with Crippen LogP contribution >= 0.6 is 0 Å². The summed E-state index contributed by atoms with van der Waals surface area (Å²) >= 11 is 0. The second-order valence-electron chi connectivity index (χ2n) is 5.46. The Balaban J connectivity index is 4.80. The fourth-order valence-corrected chi connectivity index (χ4v) is 2.16. The predicted octanol–water partition coefficient (Wildman–Crippen LogP) is 1.05. The van der Waals surface area contributed by atoms with Crippen LogP contribution in [0.4, 0.5) is 0 Å². The number of hydrogen-bond donors (Lipinski definition) is 3. The maximum atomic E-state index is 11.8. The Morgan fingerprint density at radius 1 is 1.17 bits per heavy atom. The molecule has 0 aromatic rings. The summed E-state index contributed by atoms with van der Waals surface area (Å²) < 4.78 is 9.50. The summed E-state index contributed by atoms with van der Waals surface area (Å²) in [6.07, 6.45) is 0.592. The van der Waals surface area contributed by atoms with Crippen molar-refractivity contribution < 1.29 is 39.2 Å². The Bertz CT molecular complexity index is 408. The smallest absolute Gasteiger partial charge is 0.339 e. The zero-order valence-corrected chi connectivity index (χ0v) is 13.8. The normalized spacial score (nSPS) is 16.2. The number of aliphatic carboxylic acids is 2. The lowest BCUT2D eigenvalue weighted by atomic mass is 9.92. The van der Waals surface area contributed by atoms with Gasteiger partial charge in [-0.15, -0.1) is 0 Å². The van der Waals surface area contributed by atoms with E-state index >= 15 is 0 Å². The zero-order valence-electron chi connectivity index (χ0n) is 13.8. The van der Waals surface area contributed by atoms with E-state index in [0.29, 0.717) is 0 Å². The predicted molar refractivity (Wildman–Crippen MR) is 79.9 cm³/mol. The van der Waals surface area contributed by atoms with E-state index in [0.717, 1.165) is 32.8 Å². The van der Waals surface area contributed by atoms with Gasteiger partial charge in [-0.3, -0.25) is 4.79 Å². The van der Waals surface area contributed by atoms with Crippen LogP contribution in [0.3, 0.4) is 0 Å². The third-order valence-corrected chi connectivity index (χ3v) is 3.70. The van der Waals surface area contributed by atoms with Gasteiger partial charge in [0.2, 0.25) is 5.60 Å². The van der Waals surface area contributed by atoms with Gasteiger partial charge < -0.3 is 24.8 Å². The van der Waals surface area contributed by atoms with Gasteiger partial charge in [-0.25, -0.2) is 9.59 Å². The number of rotatable bonds is 12. The van der Waals surface area contributed by atoms with E-state index in [9.17, 15) is 19.5 Å². The summed E-state index contributed by atoms with van der Waals surface area (Å²) in [6.45, 7) is 4.10. The van der Waals surface area contributed by atoms with Gasteiger partial charge in [0, 0.05) is 7.11 Å². The van der Waals surface area contributed by atoms with Crippen LogP contribution < -0.4 is 0 Å². The minimum atomic E-state index is -2.89. The van der Waals surface area contributed by atoms with Gasteiger partial charge in [-0.1, -0.05) is 33.1 Å². The lowest BCUT2D eigenvalue weighted by Gasteiger charge is -2.27. The molecule has 0 aromatic heterocycles. The molecule has 0 aliphatic carbocycles. The highest BCUT2D eigenvalue weighted by atomic mass is 16.5. The number of carboxylic acids is 2. The average Bonchev–Trinajstić information content (AvgIpc) is 2.47. The van der Waals surface area contributed by atoms with Crippen molar-refractivity contribution in [2.24, 2.45) is 5.92 Å². The summed E-state index contributed by atoms with van der Waals surface area (Å²) in [7, 11) is 0.940. The second-order valence-corrected chi connectivity index (χ2v) is 5.46. The van der Waals surface area contributed by atoms with Crippen molar-refractivity contribution in [3.05, 3.63) is 0 Å². The van der Waals surface area contributed by atoms with E-state index in [1.54, 1.807) is 0 Å². The molecule has 0 bridgehead atoms. The maximum absolute atomic E-state index is 11.8. The lowest BCUT2D eigenvalue weighted by Crippen LogP contribution is -2.55. The Morgan fingerprint density at radius 3 is 2.17 bits per heavy atom. The summed E-state index contributed by atoms with van der Waals surface area (Å²) in [6, 6.07) is 0. The van der Waals surface area contributed by atoms with Crippen LogP contribution in [0.15, 0.2) is 0 Å². The van der Waals surface area contributed by atoms with Crippen molar-refractivity contribution in [2.45, 2.75) is 57.7 Å². The van der Waals surface area contributed by atoms with E-state index < -0.39 is 36.0 Å². The molecular formula is C15H26O8. The quantitative estimate of drug-likeness (QED) is 0.451. The molecule has 0 saturated heterocycles. The third-order valence-electron chi connectivity index (χ3n) is 3.70. The molecule has 0 saturated carbocycles. The van der Waals surface area contributed by atoms with Crippen molar-refractivity contribution in [1.29, 1.82) is 0 Å². The molecule has 8 nitrogen and oxygen atoms in total. The number of unbranched alkanes of at least 4 members (excludes halogenated alkanes) is 1. The Kier molecular flexibility index (Phi) is 9.43. The van der Waals surface area contributed by atoms with E-state index in [2.05, 4.69) is 4.74 Å². The van der Waals surface area contributed by atoms with Gasteiger partial charge in [0.15, 0.2) is 6.10 Å². The number of carbonyl (C=O) groups excluding carboxylic acids is 1. The van der Waals surface area contributed by atoms with E-state index in [1.165, 1.54) is 0 Å². The average molecular weight is 334 g/mol. The fraction of sp³-hybridized carbons (Fsp3) is 0.800. The van der Waals surface area contributed by atoms with Crippen molar-refractivity contribution >= 4 is 17.9 Å². The van der Waals surface area contributed by atoms with Crippen LogP contribution in [0.5, 0.6) is 0 Å². The molecule has 3 N–H and O–H groups in total. The monoisotopic (exact) mass is 334 g/mol. The topological polar surface area (TPSA) is 130 Å². The first-order valence-corrected chi connectivity index (χ1v) is 7.59. The minimum Gasteiger partial charge on any atom is -0.479 e. The molecule has 3 unspecified atom stereocenters. The van der Waals surface area contributed by atoms with Crippen LogP contribution in [0, 0.1) is 5.92 Å². The van der Waals surface area contributed by atoms with Gasteiger partial charge >= 0.3 is 17.9 Å². The first-order chi connectivity index (χ1) is 10.7. The van der Waals surface area contributed by atoms with Crippen LogP contribution in [0.25, 0.3) is 0 Å². The van der Waals surface area contributed by atoms with Crippen molar-refractivity contribution in [1.82, 2.24) is 0 Å². The zero-order chi connectivity index (χ0) is 18.0. The van der Waals surface area contributed by atoms with E-state index in [4.69, 9.17) is 14.9 Å². The number of ether oxygens (including phenoxy) is 2. The first kappa shape index (κ1) is 21.3. The number of carboxylic acid groups (broad SMARTS) is 2. The molecule has 0 spiro atoms. The molecule has 0 aromatic carbocycles. The number of aliphatic hydroxyl groups is 1. The number of carbonyl (C=O) groups is 3. The Hall–Kier alpha value is -1.67. The van der Waals surface area contributed by atoms with Crippen LogP contribution in [-0.4, -0.2) is 58.6 Å². The van der Waals surface area contributed by atoms with Gasteiger partial charge in [0.05, 0.1) is 13.0 Å². The highest BCUT2D eigenvalue weighted by molar-refractivity contribution is 5.91. The molecule has 0 heterocycles. The molecule has 3 atom stereocenters. The number of esters is 1. The summed E-state index contributed by atoms with van der Waals surface area (Å²) in [5.41, 5.74) is -2.89. The highest BCUT2D eigenvalue weighted by Gasteiger charge is 2.51. The summed E-state index contributed by atoms with van der Waals surface area (Å²) in [5.74, 6) is -4.37. The van der Waals surface area contributed by atoms with Crippen molar-refractivity contribution in [3.8, 4) is 0 Å². The van der Waals surface area contributed by atoms with E-state index in [-0.39, 0.29) is 12.5 Å². The third kappa shape index (κ3) is 6.54. The highest BCUT2D eigenvalue weighted by Crippen LogP contribution is 2.21. The van der Waals surface area contributed by atoms with Crippen molar-refractivity contribution in [3.63, 3.8) is 0 Å². The molecule has 23 heavy (non-hydrogen) atoms. The Morgan fingerprint density at radius 2 is 1.78 bits per heavy atom. The van der Waals surface area contributed by atoms with Crippen LogP contribution in [-0.2, 0) is 23.9 Å². The van der Waals surface area contributed by atoms with Crippen LogP contribution in [0.1, 0.15) is 46.0 Å². The summed E-state index contributed by atoms with van der Waals surface area (Å²) in [4.78, 5) is 34.0. The largest absolute Gasteiger partial charge is 0.479 e. The fourth-order valence-electron chi connectivity index (χ4n) is 2.16. The number of hydrogen-bond acceptors (Lipinski definition) is 6. The van der Waals surface area contributed by atoms with Gasteiger partial charge in [-0.2, -0.15) is 0 Å². The molecular weight excluding hydrogens is 308 g/mol. The minimum absolute atomic E-state index is 0.107. The van der Waals surface area contributed by atoms with Crippen LogP contribution in [0.2, 0.25) is 0 Å². The molecule has 0 amide bonds. The molecule has 0 fully saturated rings. The lowest BCUT2D eigenvalue weighted by molar-refractivity contribution is -0.191. The second kappa shape index (κ2) is 10.2. The van der Waals surface area contributed by atoms with Gasteiger partial charge in [-0.05, 0) is 12.3 Å². The number of methoxy groups -OCH3 is 1. The molecule has 8 heteroatoms. The molecule has 0 rings (SSSR count). The Labute approximate surface area is 135 Å². The summed E-state index contributed by atoms with van der Waals surface area (Å²) in [5, 5.41) is 28.0. The van der Waals surface area contributed by atoms with Gasteiger partial charge in [0.1, 0.15) is 0 Å². The maximum Gasteiger partial charge on any atom is 0.339 e.